The highest BCUT2D eigenvalue weighted by Crippen LogP contribution is 2.40. The molecule has 0 N–H and O–H groups in total. The van der Waals surface area contributed by atoms with Gasteiger partial charge in [0, 0.05) is 44.9 Å². The maximum atomic E-state index is 12.6. The molecule has 0 bridgehead atoms. The van der Waals surface area contributed by atoms with Gasteiger partial charge in [0.2, 0.25) is 11.9 Å². The van der Waals surface area contributed by atoms with Gasteiger partial charge < -0.3 is 14.5 Å². The number of likely N-dealkylation sites (tertiary alicyclic amines) is 1. The third-order valence-corrected chi connectivity index (χ3v) is 5.37. The molecule has 25 heavy (non-hydrogen) atoms. The molecule has 1 spiro atoms. The average Bonchev–Trinajstić information content (AvgIpc) is 2.98. The second kappa shape index (κ2) is 6.90. The average molecular weight is 346 g/mol. The molecule has 1 atom stereocenters. The fraction of sp³-hybridized carbons (Fsp3) is 0.737. The van der Waals surface area contributed by atoms with Crippen LogP contribution in [0.25, 0.3) is 0 Å². The Hall–Kier alpha value is -1.69. The van der Waals surface area contributed by atoms with E-state index in [0.717, 1.165) is 42.3 Å². The van der Waals surface area contributed by atoms with Crippen molar-refractivity contribution in [3.8, 4) is 0 Å². The van der Waals surface area contributed by atoms with Gasteiger partial charge in [-0.1, -0.05) is 13.8 Å². The molecule has 1 fully saturated rings. The maximum Gasteiger partial charge on any atom is 0.225 e. The normalized spacial score (nSPS) is 22.6. The van der Waals surface area contributed by atoms with E-state index in [-0.39, 0.29) is 11.3 Å². The molecule has 1 saturated heterocycles. The lowest BCUT2D eigenvalue weighted by Gasteiger charge is -2.35. The zero-order valence-corrected chi connectivity index (χ0v) is 16.1. The Morgan fingerprint density at radius 2 is 2.12 bits per heavy atom. The molecule has 6 heteroatoms. The summed E-state index contributed by atoms with van der Waals surface area (Å²) in [7, 11) is 3.92. The summed E-state index contributed by atoms with van der Waals surface area (Å²) in [5.74, 6) is 1.55. The Labute approximate surface area is 150 Å². The predicted molar refractivity (Wildman–Crippen MR) is 97.7 cm³/mol. The first-order valence-corrected chi connectivity index (χ1v) is 9.23. The van der Waals surface area contributed by atoms with E-state index in [0.29, 0.717) is 32.1 Å². The van der Waals surface area contributed by atoms with E-state index >= 15 is 0 Å². The van der Waals surface area contributed by atoms with Gasteiger partial charge in [-0.15, -0.1) is 0 Å². The number of rotatable bonds is 4. The molecule has 1 aromatic rings. The molecule has 0 unspecified atom stereocenters. The van der Waals surface area contributed by atoms with Crippen molar-refractivity contribution in [1.82, 2.24) is 14.9 Å². The summed E-state index contributed by atoms with van der Waals surface area (Å²) in [6.45, 7) is 9.05. The van der Waals surface area contributed by atoms with Crippen LogP contribution in [0.1, 0.15) is 50.1 Å². The largest absolute Gasteiger partial charge is 0.376 e. The first-order chi connectivity index (χ1) is 11.8. The number of anilines is 1. The van der Waals surface area contributed by atoms with Crippen LogP contribution in [0.15, 0.2) is 0 Å². The number of hydrogen-bond donors (Lipinski definition) is 0. The minimum absolute atomic E-state index is 0.181. The summed E-state index contributed by atoms with van der Waals surface area (Å²) in [5.41, 5.74) is 3.00. The summed E-state index contributed by atoms with van der Waals surface area (Å²) < 4.78 is 5.91. The minimum atomic E-state index is -0.181. The van der Waals surface area contributed by atoms with Crippen molar-refractivity contribution in [3.63, 3.8) is 0 Å². The Balaban J connectivity index is 1.86. The molecule has 1 aromatic heterocycles. The summed E-state index contributed by atoms with van der Waals surface area (Å²) in [6.07, 6.45) is 2.49. The van der Waals surface area contributed by atoms with Gasteiger partial charge in [0.15, 0.2) is 0 Å². The van der Waals surface area contributed by atoms with Gasteiger partial charge in [-0.05, 0) is 25.7 Å². The molecule has 0 radical (unpaired) electrons. The fourth-order valence-electron chi connectivity index (χ4n) is 3.78. The molecule has 0 saturated carbocycles. The Kier molecular flexibility index (Phi) is 5.00. The highest BCUT2D eigenvalue weighted by molar-refractivity contribution is 5.76. The number of carbonyl (C=O) groups is 1. The molecule has 0 aliphatic carbocycles. The Morgan fingerprint density at radius 1 is 1.36 bits per heavy atom. The van der Waals surface area contributed by atoms with Crippen molar-refractivity contribution in [3.05, 3.63) is 17.0 Å². The van der Waals surface area contributed by atoms with Gasteiger partial charge >= 0.3 is 0 Å². The third kappa shape index (κ3) is 3.50. The quantitative estimate of drug-likeness (QED) is 0.837. The zero-order chi connectivity index (χ0) is 18.2. The van der Waals surface area contributed by atoms with Crippen LogP contribution in [0, 0.1) is 12.8 Å². The van der Waals surface area contributed by atoms with E-state index in [9.17, 15) is 4.79 Å². The molecule has 1 amide bonds. The Morgan fingerprint density at radius 3 is 2.80 bits per heavy atom. The second-order valence-corrected chi connectivity index (χ2v) is 8.10. The van der Waals surface area contributed by atoms with Gasteiger partial charge in [-0.2, -0.15) is 0 Å². The van der Waals surface area contributed by atoms with E-state index in [2.05, 4.69) is 18.8 Å². The summed E-state index contributed by atoms with van der Waals surface area (Å²) in [6, 6.07) is 0. The van der Waals surface area contributed by atoms with Crippen LogP contribution in [0.4, 0.5) is 5.95 Å². The van der Waals surface area contributed by atoms with Crippen LogP contribution in [-0.4, -0.2) is 54.6 Å². The first-order valence-electron chi connectivity index (χ1n) is 9.23. The summed E-state index contributed by atoms with van der Waals surface area (Å²) >= 11 is 0. The molecule has 6 nitrogen and oxygen atoms in total. The predicted octanol–water partition coefficient (Wildman–Crippen LogP) is 2.29. The van der Waals surface area contributed by atoms with E-state index in [4.69, 9.17) is 9.72 Å². The van der Waals surface area contributed by atoms with Gasteiger partial charge in [-0.25, -0.2) is 9.97 Å². The second-order valence-electron chi connectivity index (χ2n) is 8.10. The van der Waals surface area contributed by atoms with Crippen molar-refractivity contribution < 1.29 is 9.53 Å². The molecule has 138 valence electrons. The van der Waals surface area contributed by atoms with Crippen LogP contribution in [0.3, 0.4) is 0 Å². The van der Waals surface area contributed by atoms with Crippen molar-refractivity contribution in [1.29, 1.82) is 0 Å². The van der Waals surface area contributed by atoms with E-state index < -0.39 is 0 Å². The SMILES string of the molecule is Cc1nc(N(C)C)nc2c1COC[C@]21CCN(C(=O)CCC(C)C)C1. The smallest absolute Gasteiger partial charge is 0.225 e. The lowest BCUT2D eigenvalue weighted by atomic mass is 9.80. The van der Waals surface area contributed by atoms with Crippen LogP contribution in [-0.2, 0) is 21.6 Å². The summed E-state index contributed by atoms with van der Waals surface area (Å²) in [5, 5.41) is 0. The van der Waals surface area contributed by atoms with E-state index in [1.807, 2.05) is 30.8 Å². The van der Waals surface area contributed by atoms with Crippen LogP contribution < -0.4 is 4.90 Å². The van der Waals surface area contributed by atoms with Crippen molar-refractivity contribution >= 4 is 11.9 Å². The zero-order valence-electron chi connectivity index (χ0n) is 16.1. The number of hydrogen-bond acceptors (Lipinski definition) is 5. The standard InChI is InChI=1S/C19H30N4O2/c1-13(2)6-7-16(24)23-9-8-19(11-23)12-25-10-15-14(3)20-18(22(4)5)21-17(15)19/h13H,6-12H2,1-5H3/t19-/m1/s1. The summed E-state index contributed by atoms with van der Waals surface area (Å²) in [4.78, 5) is 26.0. The topological polar surface area (TPSA) is 58.6 Å². The maximum absolute atomic E-state index is 12.6. The number of nitrogens with zero attached hydrogens (tertiary/aromatic N) is 4. The van der Waals surface area contributed by atoms with Gasteiger partial charge in [0.05, 0.1) is 24.3 Å². The highest BCUT2D eigenvalue weighted by Gasteiger charge is 2.46. The number of carbonyl (C=O) groups excluding carboxylic acids is 1. The first kappa shape index (κ1) is 18.1. The highest BCUT2D eigenvalue weighted by atomic mass is 16.5. The van der Waals surface area contributed by atoms with Crippen LogP contribution in [0.2, 0.25) is 0 Å². The van der Waals surface area contributed by atoms with Crippen molar-refractivity contribution in [2.75, 3.05) is 38.7 Å². The molecule has 3 heterocycles. The Bertz CT molecular complexity index is 659. The number of aromatic nitrogens is 2. The number of amides is 1. The lowest BCUT2D eigenvalue weighted by Crippen LogP contribution is -2.42. The molecular formula is C19H30N4O2. The molecule has 2 aliphatic rings. The van der Waals surface area contributed by atoms with Gasteiger partial charge in [0.25, 0.3) is 0 Å². The number of aryl methyl sites for hydroxylation is 1. The van der Waals surface area contributed by atoms with Gasteiger partial charge in [0.1, 0.15) is 0 Å². The fourth-order valence-corrected chi connectivity index (χ4v) is 3.78. The molecule has 0 aromatic carbocycles. The number of ether oxygens (including phenoxy) is 1. The van der Waals surface area contributed by atoms with E-state index in [1.165, 1.54) is 0 Å². The van der Waals surface area contributed by atoms with Crippen molar-refractivity contribution in [2.24, 2.45) is 5.92 Å². The van der Waals surface area contributed by atoms with Gasteiger partial charge in [-0.3, -0.25) is 4.79 Å². The van der Waals surface area contributed by atoms with Crippen molar-refractivity contribution in [2.45, 2.75) is 52.1 Å². The molecular weight excluding hydrogens is 316 g/mol. The molecule has 2 aliphatic heterocycles. The number of fused-ring (bicyclic) bond motifs is 2. The molecule has 3 rings (SSSR count). The monoisotopic (exact) mass is 346 g/mol. The minimum Gasteiger partial charge on any atom is -0.376 e. The van der Waals surface area contributed by atoms with E-state index in [1.54, 1.807) is 0 Å². The van der Waals surface area contributed by atoms with Crippen LogP contribution >= 0.6 is 0 Å². The third-order valence-electron chi connectivity index (χ3n) is 5.37. The van der Waals surface area contributed by atoms with Crippen LogP contribution in [0.5, 0.6) is 0 Å². The lowest BCUT2D eigenvalue weighted by molar-refractivity contribution is -0.130.